The van der Waals surface area contributed by atoms with Gasteiger partial charge < -0.3 is 0 Å². The van der Waals surface area contributed by atoms with Crippen LogP contribution in [0.1, 0.15) is 31.2 Å². The quantitative estimate of drug-likeness (QED) is 0.382. The SMILES string of the molecule is O=S(=O)(NCCCCCCI)c1ccccc1C(F)(F)F. The number of nitrogens with one attached hydrogen (secondary N) is 1. The first kappa shape index (κ1) is 18.7. The van der Waals surface area contributed by atoms with Gasteiger partial charge in [0.2, 0.25) is 10.0 Å². The molecule has 0 saturated heterocycles. The van der Waals surface area contributed by atoms with E-state index in [-0.39, 0.29) is 6.54 Å². The van der Waals surface area contributed by atoms with Crippen molar-refractivity contribution in [2.75, 3.05) is 11.0 Å². The van der Waals surface area contributed by atoms with E-state index < -0.39 is 26.7 Å². The Balaban J connectivity index is 2.71. The second-order valence-electron chi connectivity index (χ2n) is 4.49. The largest absolute Gasteiger partial charge is 0.417 e. The maximum absolute atomic E-state index is 12.8. The Morgan fingerprint density at radius 3 is 2.29 bits per heavy atom. The van der Waals surface area contributed by atoms with Crippen molar-refractivity contribution in [3.05, 3.63) is 29.8 Å². The molecule has 1 N–H and O–H groups in total. The molecule has 0 aliphatic rings. The lowest BCUT2D eigenvalue weighted by Crippen LogP contribution is -2.27. The van der Waals surface area contributed by atoms with E-state index in [9.17, 15) is 21.6 Å². The Labute approximate surface area is 136 Å². The summed E-state index contributed by atoms with van der Waals surface area (Å²) in [6, 6.07) is 4.20. The van der Waals surface area contributed by atoms with E-state index in [4.69, 9.17) is 0 Å². The Morgan fingerprint density at radius 1 is 1.05 bits per heavy atom. The lowest BCUT2D eigenvalue weighted by atomic mass is 10.2. The van der Waals surface area contributed by atoms with Gasteiger partial charge in [-0.1, -0.05) is 47.6 Å². The molecule has 0 bridgehead atoms. The van der Waals surface area contributed by atoms with Gasteiger partial charge in [0.15, 0.2) is 0 Å². The summed E-state index contributed by atoms with van der Waals surface area (Å²) in [7, 11) is -4.14. The molecule has 3 nitrogen and oxygen atoms in total. The van der Waals surface area contributed by atoms with Gasteiger partial charge in [0.05, 0.1) is 10.5 Å². The van der Waals surface area contributed by atoms with Crippen LogP contribution in [0.25, 0.3) is 0 Å². The molecule has 1 aromatic carbocycles. The maximum atomic E-state index is 12.8. The lowest BCUT2D eigenvalue weighted by molar-refractivity contribution is -0.139. The highest BCUT2D eigenvalue weighted by molar-refractivity contribution is 14.1. The zero-order valence-electron chi connectivity index (χ0n) is 11.3. The van der Waals surface area contributed by atoms with E-state index >= 15 is 0 Å². The molecular formula is C13H17F3INO2S. The van der Waals surface area contributed by atoms with Crippen molar-refractivity contribution < 1.29 is 21.6 Å². The fourth-order valence-corrected chi connectivity index (χ4v) is 3.63. The summed E-state index contributed by atoms with van der Waals surface area (Å²) in [5.74, 6) is 0. The predicted molar refractivity (Wildman–Crippen MR) is 84.0 cm³/mol. The van der Waals surface area contributed by atoms with Crippen molar-refractivity contribution in [2.24, 2.45) is 0 Å². The number of halogens is 4. The van der Waals surface area contributed by atoms with Crippen LogP contribution in [-0.2, 0) is 16.2 Å². The average molecular weight is 435 g/mol. The first-order chi connectivity index (χ1) is 9.79. The third kappa shape index (κ3) is 6.11. The second-order valence-corrected chi connectivity index (χ2v) is 7.31. The van der Waals surface area contributed by atoms with Crippen molar-refractivity contribution in [2.45, 2.75) is 36.8 Å². The van der Waals surface area contributed by atoms with E-state index in [1.54, 1.807) is 0 Å². The molecule has 0 aromatic heterocycles. The van der Waals surface area contributed by atoms with Crippen molar-refractivity contribution in [1.82, 2.24) is 4.72 Å². The van der Waals surface area contributed by atoms with E-state index in [2.05, 4.69) is 27.3 Å². The first-order valence-electron chi connectivity index (χ1n) is 6.51. The molecule has 21 heavy (non-hydrogen) atoms. The molecule has 0 aliphatic carbocycles. The monoisotopic (exact) mass is 435 g/mol. The predicted octanol–water partition coefficient (Wildman–Crippen LogP) is 3.98. The fourth-order valence-electron chi connectivity index (χ4n) is 1.79. The number of alkyl halides is 4. The van der Waals surface area contributed by atoms with Crippen LogP contribution < -0.4 is 4.72 Å². The molecule has 0 heterocycles. The van der Waals surface area contributed by atoms with Crippen LogP contribution in [0.3, 0.4) is 0 Å². The first-order valence-corrected chi connectivity index (χ1v) is 9.52. The van der Waals surface area contributed by atoms with Crippen LogP contribution in [0.15, 0.2) is 29.2 Å². The minimum Gasteiger partial charge on any atom is -0.211 e. The summed E-state index contributed by atoms with van der Waals surface area (Å²) in [5.41, 5.74) is -1.14. The maximum Gasteiger partial charge on any atom is 0.417 e. The summed E-state index contributed by atoms with van der Waals surface area (Å²) in [4.78, 5) is -0.718. The summed E-state index contributed by atoms with van der Waals surface area (Å²) in [6.07, 6.45) is -1.17. The topological polar surface area (TPSA) is 46.2 Å². The standard InChI is InChI=1S/C13H17F3INO2S/c14-13(15,16)11-7-3-4-8-12(11)21(19,20)18-10-6-2-1-5-9-17/h3-4,7-8,18H,1-2,5-6,9-10H2. The Kier molecular flexibility index (Phi) is 7.41. The molecule has 0 amide bonds. The minimum atomic E-state index is -4.69. The molecule has 0 atom stereocenters. The second kappa shape index (κ2) is 8.33. The third-order valence-electron chi connectivity index (χ3n) is 2.83. The van der Waals surface area contributed by atoms with Gasteiger partial charge in [-0.25, -0.2) is 13.1 Å². The van der Waals surface area contributed by atoms with Gasteiger partial charge in [-0.05, 0) is 29.4 Å². The highest BCUT2D eigenvalue weighted by atomic mass is 127. The third-order valence-corrected chi connectivity index (χ3v) is 5.12. The molecule has 8 heteroatoms. The molecule has 0 spiro atoms. The number of sulfonamides is 1. The van der Waals surface area contributed by atoms with E-state index in [1.165, 1.54) is 12.1 Å². The Morgan fingerprint density at radius 2 is 1.67 bits per heavy atom. The average Bonchev–Trinajstić information content (AvgIpc) is 2.42. The number of benzene rings is 1. The van der Waals surface area contributed by atoms with Crippen LogP contribution in [0.4, 0.5) is 13.2 Å². The normalized spacial score (nSPS) is 12.6. The Hall–Kier alpha value is -0.350. The van der Waals surface area contributed by atoms with Crippen molar-refractivity contribution >= 4 is 32.6 Å². The van der Waals surface area contributed by atoms with Crippen LogP contribution in [0, 0.1) is 0 Å². The van der Waals surface area contributed by atoms with E-state index in [1.807, 2.05) is 0 Å². The van der Waals surface area contributed by atoms with Gasteiger partial charge in [-0.3, -0.25) is 0 Å². The van der Waals surface area contributed by atoms with Crippen molar-refractivity contribution in [3.8, 4) is 0 Å². The number of hydrogen-bond donors (Lipinski definition) is 1. The smallest absolute Gasteiger partial charge is 0.211 e. The molecule has 0 radical (unpaired) electrons. The zero-order valence-corrected chi connectivity index (χ0v) is 14.3. The van der Waals surface area contributed by atoms with Crippen molar-refractivity contribution in [3.63, 3.8) is 0 Å². The van der Waals surface area contributed by atoms with Crippen molar-refractivity contribution in [1.29, 1.82) is 0 Å². The summed E-state index contributed by atoms with van der Waals surface area (Å²) < 4.78 is 65.7. The van der Waals surface area contributed by atoms with Gasteiger partial charge in [-0.2, -0.15) is 13.2 Å². The number of unbranched alkanes of at least 4 members (excludes halogenated alkanes) is 3. The molecule has 120 valence electrons. The summed E-state index contributed by atoms with van der Waals surface area (Å²) >= 11 is 2.26. The van der Waals surface area contributed by atoms with Crippen LogP contribution >= 0.6 is 22.6 Å². The molecule has 1 rings (SSSR count). The van der Waals surface area contributed by atoms with Gasteiger partial charge in [0.1, 0.15) is 0 Å². The zero-order chi connectivity index (χ0) is 15.9. The fraction of sp³-hybridized carbons (Fsp3) is 0.538. The minimum absolute atomic E-state index is 0.149. The van der Waals surface area contributed by atoms with Crippen LogP contribution in [0.2, 0.25) is 0 Å². The Bertz CT molecular complexity index is 547. The van der Waals surface area contributed by atoms with Gasteiger partial charge >= 0.3 is 6.18 Å². The van der Waals surface area contributed by atoms with Gasteiger partial charge in [0.25, 0.3) is 0 Å². The van der Waals surface area contributed by atoms with Gasteiger partial charge in [-0.15, -0.1) is 0 Å². The summed E-state index contributed by atoms with van der Waals surface area (Å²) in [5, 5.41) is 0. The van der Waals surface area contributed by atoms with E-state index in [0.29, 0.717) is 6.42 Å². The van der Waals surface area contributed by atoms with E-state index in [0.717, 1.165) is 35.8 Å². The molecule has 0 unspecified atom stereocenters. The lowest BCUT2D eigenvalue weighted by Gasteiger charge is -2.13. The highest BCUT2D eigenvalue weighted by Crippen LogP contribution is 2.33. The summed E-state index contributed by atoms with van der Waals surface area (Å²) in [6.45, 7) is 0.149. The molecule has 0 fully saturated rings. The van der Waals surface area contributed by atoms with Crippen LogP contribution in [0.5, 0.6) is 0 Å². The number of rotatable bonds is 8. The highest BCUT2D eigenvalue weighted by Gasteiger charge is 2.36. The molecule has 0 saturated carbocycles. The molecule has 0 aliphatic heterocycles. The molecule has 1 aromatic rings. The van der Waals surface area contributed by atoms with Gasteiger partial charge in [0, 0.05) is 6.54 Å². The van der Waals surface area contributed by atoms with Crippen LogP contribution in [-0.4, -0.2) is 19.4 Å². The number of hydrogen-bond acceptors (Lipinski definition) is 2. The molecular weight excluding hydrogens is 418 g/mol.